The molecule has 0 spiro atoms. The molecule has 0 radical (unpaired) electrons. The van der Waals surface area contributed by atoms with Crippen LogP contribution in [0.1, 0.15) is 98.3 Å². The van der Waals surface area contributed by atoms with Crippen LogP contribution in [0.4, 0.5) is 0 Å². The summed E-state index contributed by atoms with van der Waals surface area (Å²) in [5, 5.41) is 0. The molecule has 7 heteroatoms. The van der Waals surface area contributed by atoms with Crippen molar-refractivity contribution in [3.8, 4) is 0 Å². The Balaban J connectivity index is 1.61. The molecule has 0 amide bonds. The molecule has 0 aromatic heterocycles. The Bertz CT molecular complexity index is 517. The smallest absolute Gasteiger partial charge is 0.380 e. The first-order valence-electron chi connectivity index (χ1n) is 14.8. The van der Waals surface area contributed by atoms with Gasteiger partial charge in [0.15, 0.2) is 0 Å². The molecular formula is C29H54O7. The van der Waals surface area contributed by atoms with Gasteiger partial charge in [-0.3, -0.25) is 0 Å². The zero-order valence-corrected chi connectivity index (χ0v) is 23.7. The van der Waals surface area contributed by atoms with Gasteiger partial charge >= 0.3 is 6.16 Å². The van der Waals surface area contributed by atoms with E-state index in [4.69, 9.17) is 33.2 Å². The van der Waals surface area contributed by atoms with E-state index in [1.54, 1.807) is 0 Å². The van der Waals surface area contributed by atoms with Gasteiger partial charge in [-0.1, -0.05) is 72.6 Å². The fourth-order valence-electron chi connectivity index (χ4n) is 4.75. The van der Waals surface area contributed by atoms with Crippen molar-refractivity contribution in [2.24, 2.45) is 16.2 Å². The fourth-order valence-corrected chi connectivity index (χ4v) is 4.75. The van der Waals surface area contributed by atoms with Gasteiger partial charge in [0.05, 0.1) is 66.1 Å². The summed E-state index contributed by atoms with van der Waals surface area (Å²) in [6.07, 6.45) is 11.4. The third-order valence-corrected chi connectivity index (χ3v) is 8.64. The SMILES string of the molecule is CCCCCCCCCCOC(OCC1(CC)COC1)(OCC1(CC)COC1)OCC1(CC)COC1. The Kier molecular flexibility index (Phi) is 12.4. The van der Waals surface area contributed by atoms with Crippen molar-refractivity contribution in [1.29, 1.82) is 0 Å². The van der Waals surface area contributed by atoms with Crippen LogP contribution in [0.2, 0.25) is 0 Å². The minimum absolute atomic E-state index is 0.00384. The van der Waals surface area contributed by atoms with Gasteiger partial charge in [-0.15, -0.1) is 0 Å². The van der Waals surface area contributed by atoms with Gasteiger partial charge in [-0.2, -0.15) is 0 Å². The van der Waals surface area contributed by atoms with Crippen molar-refractivity contribution in [3.05, 3.63) is 0 Å². The summed E-state index contributed by atoms with van der Waals surface area (Å²) in [4.78, 5) is 0. The zero-order chi connectivity index (χ0) is 25.8. The van der Waals surface area contributed by atoms with Crippen LogP contribution in [0.5, 0.6) is 0 Å². The molecule has 0 aromatic carbocycles. The second-order valence-electron chi connectivity index (χ2n) is 11.7. The predicted molar refractivity (Wildman–Crippen MR) is 140 cm³/mol. The fraction of sp³-hybridized carbons (Fsp3) is 1.00. The molecule has 0 N–H and O–H groups in total. The Morgan fingerprint density at radius 2 is 0.861 bits per heavy atom. The number of hydrogen-bond acceptors (Lipinski definition) is 7. The molecule has 0 atom stereocenters. The van der Waals surface area contributed by atoms with Crippen LogP contribution in [0.15, 0.2) is 0 Å². The first kappa shape index (κ1) is 30.3. The average molecular weight is 515 g/mol. The van der Waals surface area contributed by atoms with Crippen LogP contribution in [0.25, 0.3) is 0 Å². The second-order valence-corrected chi connectivity index (χ2v) is 11.7. The van der Waals surface area contributed by atoms with E-state index in [0.717, 1.165) is 32.1 Å². The Morgan fingerprint density at radius 1 is 0.500 bits per heavy atom. The van der Waals surface area contributed by atoms with E-state index in [2.05, 4.69) is 27.7 Å². The molecule has 0 saturated carbocycles. The van der Waals surface area contributed by atoms with Crippen LogP contribution >= 0.6 is 0 Å². The molecular weight excluding hydrogens is 460 g/mol. The first-order valence-corrected chi connectivity index (χ1v) is 14.8. The lowest BCUT2D eigenvalue weighted by Crippen LogP contribution is -2.56. The third-order valence-electron chi connectivity index (χ3n) is 8.64. The van der Waals surface area contributed by atoms with Crippen LogP contribution in [-0.4, -0.2) is 72.2 Å². The van der Waals surface area contributed by atoms with E-state index in [0.29, 0.717) is 66.1 Å². The summed E-state index contributed by atoms with van der Waals surface area (Å²) in [7, 11) is 0. The van der Waals surface area contributed by atoms with E-state index in [-0.39, 0.29) is 16.2 Å². The molecule has 0 aromatic rings. The lowest BCUT2D eigenvalue weighted by molar-refractivity contribution is -0.515. The van der Waals surface area contributed by atoms with Gasteiger partial charge in [-0.25, -0.2) is 0 Å². The van der Waals surface area contributed by atoms with Crippen LogP contribution < -0.4 is 0 Å². The van der Waals surface area contributed by atoms with Crippen molar-refractivity contribution in [1.82, 2.24) is 0 Å². The normalized spacial score (nSPS) is 22.0. The molecule has 0 unspecified atom stereocenters. The highest BCUT2D eigenvalue weighted by atomic mass is 17.0. The third kappa shape index (κ3) is 8.36. The average Bonchev–Trinajstić information content (AvgIpc) is 2.81. The molecule has 0 aliphatic carbocycles. The largest absolute Gasteiger partial charge is 0.412 e. The molecule has 0 bridgehead atoms. The molecule has 3 fully saturated rings. The lowest BCUT2D eigenvalue weighted by Gasteiger charge is -2.47. The predicted octanol–water partition coefficient (Wildman–Crippen LogP) is 6.08. The Hall–Kier alpha value is -0.280. The first-order chi connectivity index (χ1) is 17.5. The highest BCUT2D eigenvalue weighted by Crippen LogP contribution is 2.39. The quantitative estimate of drug-likeness (QED) is 0.128. The summed E-state index contributed by atoms with van der Waals surface area (Å²) in [5.41, 5.74) is 0.0115. The highest BCUT2D eigenvalue weighted by molar-refractivity contribution is 4.87. The van der Waals surface area contributed by atoms with Gasteiger partial charge in [0.2, 0.25) is 0 Å². The molecule has 3 rings (SSSR count). The number of hydrogen-bond donors (Lipinski definition) is 0. The van der Waals surface area contributed by atoms with Crippen molar-refractivity contribution in [2.75, 3.05) is 66.1 Å². The zero-order valence-electron chi connectivity index (χ0n) is 23.7. The van der Waals surface area contributed by atoms with Crippen LogP contribution in [-0.2, 0) is 33.2 Å². The molecule has 212 valence electrons. The summed E-state index contributed by atoms with van der Waals surface area (Å²) < 4.78 is 42.5. The van der Waals surface area contributed by atoms with Gasteiger partial charge in [0.1, 0.15) is 0 Å². The summed E-state index contributed by atoms with van der Waals surface area (Å²) in [6, 6.07) is 0. The molecule has 3 saturated heterocycles. The minimum atomic E-state index is -1.51. The van der Waals surface area contributed by atoms with Crippen LogP contribution in [0, 0.1) is 16.2 Å². The van der Waals surface area contributed by atoms with Crippen molar-refractivity contribution >= 4 is 0 Å². The molecule has 7 nitrogen and oxygen atoms in total. The summed E-state index contributed by atoms with van der Waals surface area (Å²) in [6.45, 7) is 15.1. The second kappa shape index (κ2) is 14.8. The monoisotopic (exact) mass is 514 g/mol. The van der Waals surface area contributed by atoms with Crippen molar-refractivity contribution in [2.45, 2.75) is 104 Å². The Labute approximate surface area is 220 Å². The van der Waals surface area contributed by atoms with Crippen molar-refractivity contribution < 1.29 is 33.2 Å². The highest BCUT2D eigenvalue weighted by Gasteiger charge is 2.48. The summed E-state index contributed by atoms with van der Waals surface area (Å²) in [5.74, 6) is 0. The molecule has 3 aliphatic rings. The molecule has 36 heavy (non-hydrogen) atoms. The van der Waals surface area contributed by atoms with Gasteiger partial charge in [0.25, 0.3) is 0 Å². The Morgan fingerprint density at radius 3 is 1.17 bits per heavy atom. The topological polar surface area (TPSA) is 64.6 Å². The maximum Gasteiger partial charge on any atom is 0.412 e. The maximum absolute atomic E-state index is 6.49. The number of rotatable bonds is 22. The van der Waals surface area contributed by atoms with Crippen LogP contribution in [0.3, 0.4) is 0 Å². The minimum Gasteiger partial charge on any atom is -0.380 e. The molecule has 3 aliphatic heterocycles. The maximum atomic E-state index is 6.49. The van der Waals surface area contributed by atoms with Gasteiger partial charge in [-0.05, 0) is 25.7 Å². The van der Waals surface area contributed by atoms with Gasteiger partial charge < -0.3 is 33.2 Å². The number of unbranched alkanes of at least 4 members (excludes halogenated alkanes) is 7. The van der Waals surface area contributed by atoms with E-state index in [1.807, 2.05) is 0 Å². The van der Waals surface area contributed by atoms with E-state index >= 15 is 0 Å². The molecule has 3 heterocycles. The lowest BCUT2D eigenvalue weighted by atomic mass is 9.84. The van der Waals surface area contributed by atoms with Crippen molar-refractivity contribution in [3.63, 3.8) is 0 Å². The van der Waals surface area contributed by atoms with E-state index < -0.39 is 6.16 Å². The standard InChI is InChI=1S/C29H54O7/c1-5-9-10-11-12-13-14-15-16-33-29(34-23-26(6-2)17-30-18-26,35-24-27(7-3)19-31-20-27)36-25-28(8-4)21-32-22-28/h5-25H2,1-4H3. The van der Waals surface area contributed by atoms with E-state index in [9.17, 15) is 0 Å². The summed E-state index contributed by atoms with van der Waals surface area (Å²) >= 11 is 0. The van der Waals surface area contributed by atoms with E-state index in [1.165, 1.54) is 38.5 Å². The number of ether oxygens (including phenoxy) is 7. The van der Waals surface area contributed by atoms with Gasteiger partial charge in [0, 0.05) is 16.2 Å².